The monoisotopic (exact) mass is 423 g/mol. The number of aromatic nitrogens is 3. The summed E-state index contributed by atoms with van der Waals surface area (Å²) in [5.74, 6) is 1.01. The van der Waals surface area contributed by atoms with Gasteiger partial charge in [-0.05, 0) is 44.2 Å². The molecule has 0 unspecified atom stereocenters. The molecule has 3 aromatic rings. The van der Waals surface area contributed by atoms with Crippen molar-refractivity contribution in [1.82, 2.24) is 20.1 Å². The third-order valence-corrected chi connectivity index (χ3v) is 4.33. The highest BCUT2D eigenvalue weighted by Crippen LogP contribution is 2.28. The zero-order chi connectivity index (χ0) is 22.2. The fraction of sp³-hybridized carbons (Fsp3) is 0.273. The minimum absolute atomic E-state index is 0.176. The third kappa shape index (κ3) is 5.59. The molecule has 2 aromatic carbocycles. The van der Waals surface area contributed by atoms with Gasteiger partial charge in [-0.15, -0.1) is 10.2 Å². The second-order valence-corrected chi connectivity index (χ2v) is 6.60. The molecule has 9 heteroatoms. The van der Waals surface area contributed by atoms with Crippen molar-refractivity contribution in [3.63, 3.8) is 0 Å². The van der Waals surface area contributed by atoms with Crippen LogP contribution < -0.4 is 20.1 Å². The molecule has 0 aliphatic carbocycles. The van der Waals surface area contributed by atoms with Crippen LogP contribution in [0, 0.1) is 0 Å². The number of benzene rings is 2. The maximum absolute atomic E-state index is 12.5. The molecular formula is C22H25N5O4. The molecule has 0 saturated carbocycles. The van der Waals surface area contributed by atoms with E-state index in [1.54, 1.807) is 41.2 Å². The van der Waals surface area contributed by atoms with E-state index in [0.717, 1.165) is 5.56 Å². The van der Waals surface area contributed by atoms with Crippen molar-refractivity contribution in [2.24, 2.45) is 7.05 Å². The van der Waals surface area contributed by atoms with Crippen molar-refractivity contribution in [3.8, 4) is 22.9 Å². The number of hydrogen-bond acceptors (Lipinski definition) is 6. The summed E-state index contributed by atoms with van der Waals surface area (Å²) in [6.07, 6.45) is 1.61. The number of hydrogen-bond donors (Lipinski definition) is 2. The first-order chi connectivity index (χ1) is 15.0. The molecule has 0 atom stereocenters. The smallest absolute Gasteiger partial charge is 0.251 e. The first-order valence-electron chi connectivity index (χ1n) is 9.94. The van der Waals surface area contributed by atoms with Crippen molar-refractivity contribution < 1.29 is 19.1 Å². The van der Waals surface area contributed by atoms with Gasteiger partial charge >= 0.3 is 0 Å². The first-order valence-corrected chi connectivity index (χ1v) is 9.94. The number of rotatable bonds is 9. The Kier molecular flexibility index (Phi) is 7.21. The van der Waals surface area contributed by atoms with Crippen LogP contribution >= 0.6 is 0 Å². The van der Waals surface area contributed by atoms with Gasteiger partial charge in [0.1, 0.15) is 6.33 Å². The van der Waals surface area contributed by atoms with Crippen LogP contribution in [0.2, 0.25) is 0 Å². The molecule has 2 amide bonds. The van der Waals surface area contributed by atoms with Crippen molar-refractivity contribution in [3.05, 3.63) is 54.4 Å². The number of carbonyl (C=O) groups excluding carboxylic acids is 2. The molecule has 9 nitrogen and oxygen atoms in total. The van der Waals surface area contributed by atoms with Gasteiger partial charge < -0.3 is 24.7 Å². The Morgan fingerprint density at radius 3 is 2.52 bits per heavy atom. The number of aryl methyl sites for hydroxylation is 1. The summed E-state index contributed by atoms with van der Waals surface area (Å²) in [7, 11) is 1.84. The van der Waals surface area contributed by atoms with E-state index >= 15 is 0 Å². The van der Waals surface area contributed by atoms with Crippen LogP contribution in [-0.2, 0) is 11.8 Å². The van der Waals surface area contributed by atoms with Crippen LogP contribution in [0.15, 0.2) is 48.8 Å². The van der Waals surface area contributed by atoms with E-state index in [1.165, 1.54) is 0 Å². The Hall–Kier alpha value is -3.88. The average Bonchev–Trinajstić information content (AvgIpc) is 3.19. The van der Waals surface area contributed by atoms with Crippen molar-refractivity contribution in [1.29, 1.82) is 0 Å². The lowest BCUT2D eigenvalue weighted by atomic mass is 10.2. The summed E-state index contributed by atoms with van der Waals surface area (Å²) < 4.78 is 12.8. The van der Waals surface area contributed by atoms with E-state index in [2.05, 4.69) is 20.8 Å². The molecule has 0 spiro atoms. The number of nitrogens with one attached hydrogen (secondary N) is 2. The maximum atomic E-state index is 12.5. The highest BCUT2D eigenvalue weighted by molar-refractivity contribution is 5.99. The largest absolute Gasteiger partial charge is 0.490 e. The van der Waals surface area contributed by atoms with Crippen LogP contribution in [0.4, 0.5) is 5.69 Å². The molecule has 0 aliphatic heterocycles. The molecular weight excluding hydrogens is 398 g/mol. The van der Waals surface area contributed by atoms with Gasteiger partial charge in [0.05, 0.1) is 19.8 Å². The highest BCUT2D eigenvalue weighted by atomic mass is 16.5. The number of carbonyl (C=O) groups is 2. The van der Waals surface area contributed by atoms with Crippen molar-refractivity contribution in [2.75, 3.05) is 25.1 Å². The van der Waals surface area contributed by atoms with Gasteiger partial charge in [0.15, 0.2) is 17.3 Å². The minimum atomic E-state index is -0.382. The molecule has 31 heavy (non-hydrogen) atoms. The third-order valence-electron chi connectivity index (χ3n) is 4.33. The van der Waals surface area contributed by atoms with Gasteiger partial charge in [-0.1, -0.05) is 12.1 Å². The van der Waals surface area contributed by atoms with Crippen molar-refractivity contribution in [2.45, 2.75) is 13.8 Å². The molecule has 3 rings (SSSR count). The average molecular weight is 423 g/mol. The van der Waals surface area contributed by atoms with E-state index in [9.17, 15) is 9.59 Å². The molecule has 2 N–H and O–H groups in total. The Morgan fingerprint density at radius 2 is 1.81 bits per heavy atom. The lowest BCUT2D eigenvalue weighted by Crippen LogP contribution is -2.32. The summed E-state index contributed by atoms with van der Waals surface area (Å²) in [5, 5.41) is 13.3. The van der Waals surface area contributed by atoms with E-state index < -0.39 is 0 Å². The fourth-order valence-corrected chi connectivity index (χ4v) is 2.94. The van der Waals surface area contributed by atoms with Gasteiger partial charge in [-0.3, -0.25) is 9.59 Å². The lowest BCUT2D eigenvalue weighted by Gasteiger charge is -2.12. The molecule has 0 aliphatic rings. The molecule has 0 fully saturated rings. The van der Waals surface area contributed by atoms with Crippen molar-refractivity contribution >= 4 is 17.5 Å². The quantitative estimate of drug-likeness (QED) is 0.548. The van der Waals surface area contributed by atoms with Gasteiger partial charge in [-0.2, -0.15) is 0 Å². The van der Waals surface area contributed by atoms with Crippen LogP contribution in [0.3, 0.4) is 0 Å². The standard InChI is InChI=1S/C22H25N5O4/c1-4-30-18-10-9-16(12-19(18)31-5-2)22(29)23-13-20(28)25-17-8-6-7-15(11-17)21-26-24-14-27(21)3/h6-12,14H,4-5,13H2,1-3H3,(H,23,29)(H,25,28). The van der Waals surface area contributed by atoms with Gasteiger partial charge in [0.25, 0.3) is 5.91 Å². The second kappa shape index (κ2) is 10.2. The normalized spacial score (nSPS) is 10.4. The van der Waals surface area contributed by atoms with E-state index in [-0.39, 0.29) is 18.4 Å². The molecule has 1 aromatic heterocycles. The van der Waals surface area contributed by atoms with E-state index in [1.807, 2.05) is 33.0 Å². The summed E-state index contributed by atoms with van der Waals surface area (Å²) in [6.45, 7) is 4.48. The van der Waals surface area contributed by atoms with Gasteiger partial charge in [-0.25, -0.2) is 0 Å². The first kappa shape index (κ1) is 21.8. The predicted octanol–water partition coefficient (Wildman–Crippen LogP) is 2.65. The Morgan fingerprint density at radius 1 is 1.03 bits per heavy atom. The zero-order valence-corrected chi connectivity index (χ0v) is 17.7. The van der Waals surface area contributed by atoms with E-state index in [0.29, 0.717) is 41.8 Å². The summed E-state index contributed by atoms with van der Waals surface area (Å²) in [5.41, 5.74) is 1.79. The molecule has 0 saturated heterocycles. The molecule has 0 radical (unpaired) electrons. The van der Waals surface area contributed by atoms with Crippen LogP contribution in [0.25, 0.3) is 11.4 Å². The Balaban J connectivity index is 1.60. The maximum Gasteiger partial charge on any atom is 0.251 e. The number of nitrogens with zero attached hydrogens (tertiary/aromatic N) is 3. The molecule has 1 heterocycles. The number of amides is 2. The Labute approximate surface area is 180 Å². The summed E-state index contributed by atoms with van der Waals surface area (Å²) in [4.78, 5) is 24.8. The van der Waals surface area contributed by atoms with E-state index in [4.69, 9.17) is 9.47 Å². The summed E-state index contributed by atoms with van der Waals surface area (Å²) in [6, 6.07) is 12.2. The predicted molar refractivity (Wildman–Crippen MR) is 116 cm³/mol. The van der Waals surface area contributed by atoms with Gasteiger partial charge in [0.2, 0.25) is 5.91 Å². The highest BCUT2D eigenvalue weighted by Gasteiger charge is 2.13. The molecule has 0 bridgehead atoms. The lowest BCUT2D eigenvalue weighted by molar-refractivity contribution is -0.115. The fourth-order valence-electron chi connectivity index (χ4n) is 2.94. The van der Waals surface area contributed by atoms with Gasteiger partial charge in [0, 0.05) is 23.9 Å². The summed E-state index contributed by atoms with van der Waals surface area (Å²) >= 11 is 0. The zero-order valence-electron chi connectivity index (χ0n) is 17.7. The topological polar surface area (TPSA) is 107 Å². The SMILES string of the molecule is CCOc1ccc(C(=O)NCC(=O)Nc2cccc(-c3nncn3C)c2)cc1OCC. The Bertz CT molecular complexity index is 1060. The molecule has 162 valence electrons. The number of ether oxygens (including phenoxy) is 2. The van der Waals surface area contributed by atoms with Crippen LogP contribution in [0.5, 0.6) is 11.5 Å². The second-order valence-electron chi connectivity index (χ2n) is 6.60. The minimum Gasteiger partial charge on any atom is -0.490 e. The van der Waals surface area contributed by atoms with Crippen LogP contribution in [-0.4, -0.2) is 46.3 Å². The van der Waals surface area contributed by atoms with Crippen LogP contribution in [0.1, 0.15) is 24.2 Å². The number of anilines is 1.